The van der Waals surface area contributed by atoms with Gasteiger partial charge in [-0.2, -0.15) is 0 Å². The van der Waals surface area contributed by atoms with Crippen molar-refractivity contribution in [2.24, 2.45) is 23.7 Å². The van der Waals surface area contributed by atoms with Crippen molar-refractivity contribution in [2.75, 3.05) is 26.4 Å². The van der Waals surface area contributed by atoms with Gasteiger partial charge in [-0.15, -0.1) is 0 Å². The van der Waals surface area contributed by atoms with Crippen LogP contribution < -0.4 is 0 Å². The predicted molar refractivity (Wildman–Crippen MR) is 289 cm³/mol. The second-order valence-electron chi connectivity index (χ2n) is 25.3. The minimum atomic E-state index is -2.03. The van der Waals surface area contributed by atoms with Crippen molar-refractivity contribution in [3.63, 3.8) is 0 Å². The van der Waals surface area contributed by atoms with E-state index in [4.69, 9.17) is 52.1 Å². The van der Waals surface area contributed by atoms with Gasteiger partial charge in [-0.25, -0.2) is 9.59 Å². The lowest BCUT2D eigenvalue weighted by atomic mass is 9.72. The Labute approximate surface area is 510 Å². The maximum atomic E-state index is 13.1. The Kier molecular flexibility index (Phi) is 24.8. The maximum Gasteiger partial charge on any atom is 0.330 e. The van der Waals surface area contributed by atoms with E-state index >= 15 is 0 Å². The first-order chi connectivity index (χ1) is 42.3. The molecular formula is C57H90O32. The first-order valence-corrected chi connectivity index (χ1v) is 30.7. The highest BCUT2D eigenvalue weighted by Gasteiger charge is 2.56. The molecule has 0 radical (unpaired) electrons. The molecule has 32 heteroatoms. The molecule has 15 unspecified atom stereocenters. The molecule has 9 rings (SSSR count). The average Bonchev–Trinajstić information content (AvgIpc) is 0.938. The Hall–Kier alpha value is -2.70. The molecule has 5 heterocycles. The fourth-order valence-corrected chi connectivity index (χ4v) is 13.7. The normalized spacial score (nSPS) is 50.1. The van der Waals surface area contributed by atoms with Gasteiger partial charge in [-0.05, 0) is 94.8 Å². The average molecular weight is 1290 g/mol. The Morgan fingerprint density at radius 2 is 0.865 bits per heavy atom. The molecule has 0 bridgehead atoms. The highest BCUT2D eigenvalue weighted by atomic mass is 16.8. The lowest BCUT2D eigenvalue weighted by molar-refractivity contribution is -0.379. The molecule has 0 aromatic heterocycles. The molecule has 4 aliphatic carbocycles. The summed E-state index contributed by atoms with van der Waals surface area (Å²) in [6.45, 7) is -2.83. The number of ether oxygens (including phenoxy) is 11. The number of esters is 2. The molecule has 0 spiro atoms. The largest absolute Gasteiger partial charge is 0.460 e. The van der Waals surface area contributed by atoms with E-state index in [1.165, 1.54) is 12.2 Å². The van der Waals surface area contributed by atoms with E-state index in [9.17, 15) is 107 Å². The number of carbonyl (C=O) groups excluding carboxylic acids is 2. The molecule has 5 aliphatic heterocycles. The molecule has 0 aromatic rings. The number of hydrogen-bond donors (Lipinski definition) is 19. The fraction of sp³-hybridized carbons (Fsp3) is 0.895. The highest BCUT2D eigenvalue weighted by Crippen LogP contribution is 2.44. The van der Waals surface area contributed by atoms with Crippen molar-refractivity contribution in [1.82, 2.24) is 0 Å². The molecule has 510 valence electrons. The van der Waals surface area contributed by atoms with Crippen LogP contribution in [-0.2, 0) is 61.7 Å². The summed E-state index contributed by atoms with van der Waals surface area (Å²) in [7, 11) is 0. The van der Waals surface area contributed by atoms with Crippen LogP contribution in [0.15, 0.2) is 24.3 Å². The van der Waals surface area contributed by atoms with Crippen LogP contribution >= 0.6 is 0 Å². The molecule has 9 fully saturated rings. The number of aliphatic hydroxyl groups is 19. The van der Waals surface area contributed by atoms with Crippen LogP contribution in [0.25, 0.3) is 0 Å². The number of allylic oxidation sites excluding steroid dienone is 2. The van der Waals surface area contributed by atoms with E-state index in [1.54, 1.807) is 0 Å². The molecule has 9 aliphatic rings. The van der Waals surface area contributed by atoms with Crippen LogP contribution in [0, 0.1) is 23.7 Å². The molecule has 32 nitrogen and oxygen atoms in total. The molecule has 0 amide bonds. The fourth-order valence-electron chi connectivity index (χ4n) is 13.7. The van der Waals surface area contributed by atoms with Crippen molar-refractivity contribution in [2.45, 2.75) is 267 Å². The van der Waals surface area contributed by atoms with Crippen LogP contribution in [0.1, 0.15) is 77.0 Å². The number of aliphatic hydroxyl groups excluding tert-OH is 19. The topological polar surface area (TPSA) is 520 Å². The first-order valence-electron chi connectivity index (χ1n) is 30.7. The number of rotatable bonds is 19. The van der Waals surface area contributed by atoms with Gasteiger partial charge in [-0.1, -0.05) is 12.2 Å². The van der Waals surface area contributed by atoms with Crippen LogP contribution in [0.4, 0.5) is 0 Å². The van der Waals surface area contributed by atoms with Crippen LogP contribution in [-0.4, -0.2) is 325 Å². The molecule has 89 heavy (non-hydrogen) atoms. The van der Waals surface area contributed by atoms with Gasteiger partial charge in [0.1, 0.15) is 111 Å². The van der Waals surface area contributed by atoms with E-state index in [0.717, 1.165) is 12.2 Å². The van der Waals surface area contributed by atoms with Gasteiger partial charge in [0.15, 0.2) is 25.2 Å². The third kappa shape index (κ3) is 16.7. The van der Waals surface area contributed by atoms with E-state index in [2.05, 4.69) is 0 Å². The highest BCUT2D eigenvalue weighted by molar-refractivity contribution is 5.82. The summed E-state index contributed by atoms with van der Waals surface area (Å²) >= 11 is 0. The third-order valence-electron chi connectivity index (χ3n) is 19.1. The SMILES string of the molecule is O=C(C=CC1CCC(O)C(O[C@@H]2O[C@H](CO)[C@@H](O)[C@H](O)[C@H]2O)C1)OC[C@H]1O[C@@H](OC2CCC(C=CC(=O)OC[C@H]3O[C@@H](O[C@H]4[C@H](OC5CC6C(O)CC(O)CC6OC5C5CCC(O)C(O)C5)O[C@H](CO)[C@@H](O)[C@@H]4O)[C@H](O)[C@@H](O)[C@@H]3O)CC2O)[C@H](O)[C@@H](O)[C@@H]1O. The van der Waals surface area contributed by atoms with Crippen molar-refractivity contribution in [1.29, 1.82) is 0 Å². The maximum absolute atomic E-state index is 13.1. The van der Waals surface area contributed by atoms with Gasteiger partial charge in [0, 0.05) is 18.1 Å². The van der Waals surface area contributed by atoms with E-state index in [0.29, 0.717) is 19.3 Å². The minimum Gasteiger partial charge on any atom is -0.460 e. The Morgan fingerprint density at radius 3 is 1.43 bits per heavy atom. The number of carbonyl (C=O) groups is 2. The van der Waals surface area contributed by atoms with Crippen LogP contribution in [0.5, 0.6) is 0 Å². The van der Waals surface area contributed by atoms with Crippen molar-refractivity contribution in [3.05, 3.63) is 24.3 Å². The van der Waals surface area contributed by atoms with Gasteiger partial charge in [0.25, 0.3) is 0 Å². The minimum absolute atomic E-state index is 0.00852. The number of fused-ring (bicyclic) bond motifs is 1. The van der Waals surface area contributed by atoms with Gasteiger partial charge in [-0.3, -0.25) is 0 Å². The lowest BCUT2D eigenvalue weighted by Gasteiger charge is -2.51. The Bertz CT molecular complexity index is 2300. The van der Waals surface area contributed by atoms with Gasteiger partial charge >= 0.3 is 11.9 Å². The molecule has 19 N–H and O–H groups in total. The first kappa shape index (κ1) is 70.6. The zero-order valence-electron chi connectivity index (χ0n) is 48.6. The second-order valence-corrected chi connectivity index (χ2v) is 25.3. The smallest absolute Gasteiger partial charge is 0.330 e. The van der Waals surface area contributed by atoms with Gasteiger partial charge in [0.2, 0.25) is 0 Å². The molecule has 0 aromatic carbocycles. The van der Waals surface area contributed by atoms with Crippen molar-refractivity contribution < 1.29 is 159 Å². The van der Waals surface area contributed by atoms with Gasteiger partial charge < -0.3 is 149 Å². The van der Waals surface area contributed by atoms with E-state index < -0.39 is 246 Å². The quantitative estimate of drug-likeness (QED) is 0.0422. The molecule has 4 saturated carbocycles. The predicted octanol–water partition coefficient (Wildman–Crippen LogP) is -8.29. The lowest BCUT2D eigenvalue weighted by Crippen LogP contribution is -2.65. The van der Waals surface area contributed by atoms with Gasteiger partial charge in [0.05, 0.1) is 80.4 Å². The second kappa shape index (κ2) is 31.2. The molecule has 35 atom stereocenters. The van der Waals surface area contributed by atoms with Crippen LogP contribution in [0.2, 0.25) is 0 Å². The zero-order chi connectivity index (χ0) is 64.3. The van der Waals surface area contributed by atoms with E-state index in [1.807, 2.05) is 0 Å². The Balaban J connectivity index is 0.741. The van der Waals surface area contributed by atoms with Crippen molar-refractivity contribution in [3.8, 4) is 0 Å². The standard InChI is InChI=1S/C57H90O32/c58-17-35-41(68)45(72)49(76)55(85-35)83-33-12-22(1-6-27(33)62)4-10-40(67)79-19-37-43(70)46(73)50(77)54(87-37)82-31-8-2-21(11-30(31)65)3-9-39(66)80-20-38-44(71)47(74)51(78)56(88-38)89-53-48(75)42(69)36(18-59)86-57(53)84-34-16-25-28(63)14-24(60)15-32(25)81-52(34)23-5-7-26(61)29(64)13-23/h3-4,9-10,21-38,41-65,68-78H,1-2,5-8,11-20H2/t21?,22?,23?,24?,25?,26?,27?,28?,29?,30?,31?,32?,33?,34?,35-,36-,37-,38-,41-,42-,43-,44-,45+,46+,47+,48+,49-,50-,51-,52?,53-,54-,55-,56+,57-/m1/s1. The summed E-state index contributed by atoms with van der Waals surface area (Å²) < 4.78 is 64.1. The third-order valence-corrected chi connectivity index (χ3v) is 19.1. The van der Waals surface area contributed by atoms with Crippen LogP contribution in [0.3, 0.4) is 0 Å². The number of hydrogen-bond acceptors (Lipinski definition) is 32. The summed E-state index contributed by atoms with van der Waals surface area (Å²) in [6.07, 6.45) is -37.3. The monoisotopic (exact) mass is 1290 g/mol. The summed E-state index contributed by atoms with van der Waals surface area (Å²) in [5, 5.41) is 202. The summed E-state index contributed by atoms with van der Waals surface area (Å²) in [5.74, 6) is -3.63. The van der Waals surface area contributed by atoms with Crippen molar-refractivity contribution >= 4 is 11.9 Å². The zero-order valence-corrected chi connectivity index (χ0v) is 48.6. The van der Waals surface area contributed by atoms with E-state index in [-0.39, 0.29) is 63.7 Å². The molecule has 5 saturated heterocycles. The summed E-state index contributed by atoms with van der Waals surface area (Å²) in [6, 6.07) is 0. The summed E-state index contributed by atoms with van der Waals surface area (Å²) in [5.41, 5.74) is 0. The summed E-state index contributed by atoms with van der Waals surface area (Å²) in [4.78, 5) is 25.9. The molecular weight excluding hydrogens is 1200 g/mol. The Morgan fingerprint density at radius 1 is 0.382 bits per heavy atom.